The van der Waals surface area contributed by atoms with Gasteiger partial charge in [-0.25, -0.2) is 0 Å². The Morgan fingerprint density at radius 2 is 1.71 bits per heavy atom. The Labute approximate surface area is 169 Å². The molecule has 0 spiro atoms. The monoisotopic (exact) mass is 393 g/mol. The number of hydrogen-bond donors (Lipinski definition) is 0. The minimum absolute atomic E-state index is 0.111. The Morgan fingerprint density at radius 1 is 1.04 bits per heavy atom. The van der Waals surface area contributed by atoms with Crippen molar-refractivity contribution < 1.29 is 9.21 Å². The third-order valence-corrected chi connectivity index (χ3v) is 5.91. The second-order valence-corrected chi connectivity index (χ2v) is 8.25. The van der Waals surface area contributed by atoms with E-state index in [2.05, 4.69) is 16.3 Å². The molecule has 0 bridgehead atoms. The third kappa shape index (κ3) is 4.12. The van der Waals surface area contributed by atoms with E-state index in [1.54, 1.807) is 0 Å². The van der Waals surface area contributed by atoms with Crippen LogP contribution in [0.25, 0.3) is 11.5 Å². The molecule has 144 valence electrons. The van der Waals surface area contributed by atoms with Crippen molar-refractivity contribution in [3.8, 4) is 11.5 Å². The predicted molar refractivity (Wildman–Crippen MR) is 110 cm³/mol. The molecule has 0 aliphatic carbocycles. The molecule has 2 aromatic carbocycles. The average molecular weight is 394 g/mol. The van der Waals surface area contributed by atoms with Crippen LogP contribution in [0.5, 0.6) is 0 Å². The minimum Gasteiger partial charge on any atom is -0.411 e. The van der Waals surface area contributed by atoms with Crippen LogP contribution in [0.4, 0.5) is 0 Å². The van der Waals surface area contributed by atoms with Crippen molar-refractivity contribution in [3.63, 3.8) is 0 Å². The Bertz CT molecular complexity index is 945. The summed E-state index contributed by atoms with van der Waals surface area (Å²) in [6.07, 6.45) is 2.13. The highest BCUT2D eigenvalue weighted by Gasteiger charge is 2.30. The lowest BCUT2D eigenvalue weighted by atomic mass is 10.1. The van der Waals surface area contributed by atoms with Gasteiger partial charge in [-0.2, -0.15) is 0 Å². The fourth-order valence-electron chi connectivity index (χ4n) is 3.57. The highest BCUT2D eigenvalue weighted by molar-refractivity contribution is 8.00. The number of thioether (sulfide) groups is 1. The van der Waals surface area contributed by atoms with Gasteiger partial charge in [0.15, 0.2) is 0 Å². The van der Waals surface area contributed by atoms with Crippen molar-refractivity contribution in [1.29, 1.82) is 0 Å². The largest absolute Gasteiger partial charge is 0.411 e. The Balaban J connectivity index is 1.60. The number of benzene rings is 2. The molecule has 3 aromatic rings. The molecule has 2 heterocycles. The van der Waals surface area contributed by atoms with Crippen LogP contribution in [0.2, 0.25) is 0 Å². The normalized spacial score (nSPS) is 15.0. The van der Waals surface area contributed by atoms with Crippen molar-refractivity contribution in [2.24, 2.45) is 0 Å². The molecule has 6 heteroatoms. The van der Waals surface area contributed by atoms with E-state index in [0.29, 0.717) is 11.1 Å². The van der Waals surface area contributed by atoms with Gasteiger partial charge in [-0.3, -0.25) is 4.79 Å². The van der Waals surface area contributed by atoms with Gasteiger partial charge in [0.25, 0.3) is 5.22 Å². The van der Waals surface area contributed by atoms with Crippen LogP contribution in [0.15, 0.2) is 58.2 Å². The molecule has 1 aliphatic heterocycles. The summed E-state index contributed by atoms with van der Waals surface area (Å²) < 4.78 is 5.91. The first-order chi connectivity index (χ1) is 13.6. The predicted octanol–water partition coefficient (Wildman–Crippen LogP) is 4.81. The summed E-state index contributed by atoms with van der Waals surface area (Å²) in [5.74, 6) is 0.592. The maximum Gasteiger partial charge on any atom is 0.277 e. The summed E-state index contributed by atoms with van der Waals surface area (Å²) in [5, 5.41) is 8.44. The van der Waals surface area contributed by atoms with E-state index in [4.69, 9.17) is 4.42 Å². The lowest BCUT2D eigenvalue weighted by Gasteiger charge is -2.22. The molecule has 1 aromatic heterocycles. The SMILES string of the molecule is Cc1cc(C)cc(-c2nnc(S[C@H](C(=O)N3CCCC3)c3ccccc3)o2)c1. The number of nitrogens with zero attached hydrogens (tertiary/aromatic N) is 3. The van der Waals surface area contributed by atoms with Crippen LogP contribution in [-0.4, -0.2) is 34.1 Å². The first-order valence-corrected chi connectivity index (χ1v) is 10.4. The van der Waals surface area contributed by atoms with Gasteiger partial charge < -0.3 is 9.32 Å². The van der Waals surface area contributed by atoms with Gasteiger partial charge in [-0.1, -0.05) is 47.5 Å². The molecule has 0 unspecified atom stereocenters. The van der Waals surface area contributed by atoms with Gasteiger partial charge in [0.05, 0.1) is 0 Å². The number of carbonyl (C=O) groups is 1. The third-order valence-electron chi connectivity index (χ3n) is 4.84. The van der Waals surface area contributed by atoms with E-state index in [1.165, 1.54) is 11.8 Å². The first kappa shape index (κ1) is 18.7. The zero-order chi connectivity index (χ0) is 19.5. The zero-order valence-electron chi connectivity index (χ0n) is 16.1. The fourth-order valence-corrected chi connectivity index (χ4v) is 4.52. The molecule has 5 nitrogen and oxygen atoms in total. The summed E-state index contributed by atoms with van der Waals surface area (Å²) in [4.78, 5) is 15.1. The van der Waals surface area contributed by atoms with Crippen LogP contribution in [0, 0.1) is 13.8 Å². The lowest BCUT2D eigenvalue weighted by Crippen LogP contribution is -2.31. The smallest absolute Gasteiger partial charge is 0.277 e. The van der Waals surface area contributed by atoms with Crippen LogP contribution in [-0.2, 0) is 4.79 Å². The van der Waals surface area contributed by atoms with Gasteiger partial charge in [0.1, 0.15) is 5.25 Å². The molecule has 1 atom stereocenters. The van der Waals surface area contributed by atoms with Gasteiger partial charge in [0.2, 0.25) is 11.8 Å². The van der Waals surface area contributed by atoms with E-state index < -0.39 is 0 Å². The van der Waals surface area contributed by atoms with E-state index >= 15 is 0 Å². The molecule has 1 fully saturated rings. The first-order valence-electron chi connectivity index (χ1n) is 9.53. The molecule has 4 rings (SSSR count). The second-order valence-electron chi connectivity index (χ2n) is 7.19. The summed E-state index contributed by atoms with van der Waals surface area (Å²) in [5.41, 5.74) is 4.15. The standard InChI is InChI=1S/C22H23N3O2S/c1-15-12-16(2)14-18(13-15)20-23-24-22(27-20)28-19(17-8-4-3-5-9-17)21(26)25-10-6-7-11-25/h3-5,8-9,12-14,19H,6-7,10-11H2,1-2H3/t19-/m0/s1. The van der Waals surface area contributed by atoms with Gasteiger partial charge in [-0.05, 0) is 56.1 Å². The Hall–Kier alpha value is -2.60. The number of likely N-dealkylation sites (tertiary alicyclic amines) is 1. The summed E-state index contributed by atoms with van der Waals surface area (Å²) >= 11 is 1.33. The van der Waals surface area contributed by atoms with E-state index in [-0.39, 0.29) is 11.2 Å². The lowest BCUT2D eigenvalue weighted by molar-refractivity contribution is -0.129. The van der Waals surface area contributed by atoms with Gasteiger partial charge in [0, 0.05) is 18.7 Å². The van der Waals surface area contributed by atoms with Crippen LogP contribution >= 0.6 is 11.8 Å². The molecule has 1 amide bonds. The molecule has 1 saturated heterocycles. The Morgan fingerprint density at radius 3 is 2.39 bits per heavy atom. The van der Waals surface area contributed by atoms with Gasteiger partial charge >= 0.3 is 0 Å². The van der Waals surface area contributed by atoms with Crippen molar-refractivity contribution in [2.45, 2.75) is 37.2 Å². The zero-order valence-corrected chi connectivity index (χ0v) is 16.9. The number of hydrogen-bond acceptors (Lipinski definition) is 5. The molecule has 1 aliphatic rings. The summed E-state index contributed by atoms with van der Waals surface area (Å²) in [6.45, 7) is 5.73. The number of aromatic nitrogens is 2. The van der Waals surface area contributed by atoms with E-state index in [0.717, 1.165) is 48.2 Å². The molecular weight excluding hydrogens is 370 g/mol. The van der Waals surface area contributed by atoms with Crippen LogP contribution < -0.4 is 0 Å². The van der Waals surface area contributed by atoms with Crippen molar-refractivity contribution in [2.75, 3.05) is 13.1 Å². The molecule has 0 saturated carbocycles. The Kier molecular flexibility index (Phi) is 5.48. The number of rotatable bonds is 5. The topological polar surface area (TPSA) is 59.2 Å². The van der Waals surface area contributed by atoms with Crippen LogP contribution in [0.3, 0.4) is 0 Å². The van der Waals surface area contributed by atoms with Crippen molar-refractivity contribution >= 4 is 17.7 Å². The van der Waals surface area contributed by atoms with Gasteiger partial charge in [-0.15, -0.1) is 10.2 Å². The highest BCUT2D eigenvalue weighted by atomic mass is 32.2. The maximum atomic E-state index is 13.1. The average Bonchev–Trinajstić information content (AvgIpc) is 3.38. The summed E-state index contributed by atoms with van der Waals surface area (Å²) in [7, 11) is 0. The minimum atomic E-state index is -0.383. The quantitative estimate of drug-likeness (QED) is 0.582. The molecule has 0 radical (unpaired) electrons. The molecular formula is C22H23N3O2S. The fraction of sp³-hybridized carbons (Fsp3) is 0.318. The van der Waals surface area contributed by atoms with E-state index in [1.807, 2.05) is 61.2 Å². The number of carbonyl (C=O) groups excluding carboxylic acids is 1. The molecule has 0 N–H and O–H groups in total. The second kappa shape index (κ2) is 8.19. The maximum absolute atomic E-state index is 13.1. The van der Waals surface area contributed by atoms with Crippen molar-refractivity contribution in [3.05, 3.63) is 65.2 Å². The van der Waals surface area contributed by atoms with Crippen LogP contribution in [0.1, 0.15) is 34.8 Å². The van der Waals surface area contributed by atoms with Crippen molar-refractivity contribution in [1.82, 2.24) is 15.1 Å². The summed E-state index contributed by atoms with van der Waals surface area (Å²) in [6, 6.07) is 16.0. The molecule has 28 heavy (non-hydrogen) atoms. The highest BCUT2D eigenvalue weighted by Crippen LogP contribution is 2.37. The number of amides is 1. The number of aryl methyl sites for hydroxylation is 2. The van der Waals surface area contributed by atoms with E-state index in [9.17, 15) is 4.79 Å².